The first-order chi connectivity index (χ1) is 16.3. The second kappa shape index (κ2) is 10.2. The molecule has 4 rings (SSSR count). The highest BCUT2D eigenvalue weighted by molar-refractivity contribution is 7.90. The zero-order valence-electron chi connectivity index (χ0n) is 18.7. The number of hydrogen-bond acceptors (Lipinski definition) is 5. The summed E-state index contributed by atoms with van der Waals surface area (Å²) in [6, 6.07) is 22.0. The molecule has 0 aromatic heterocycles. The molecule has 3 N–H and O–H groups in total. The number of hydrogen-bond donors (Lipinski definition) is 2. The van der Waals surface area contributed by atoms with Crippen LogP contribution in [-0.2, 0) is 26.9 Å². The Kier molecular flexibility index (Phi) is 7.09. The van der Waals surface area contributed by atoms with E-state index in [-0.39, 0.29) is 28.5 Å². The quantitative estimate of drug-likeness (QED) is 0.517. The van der Waals surface area contributed by atoms with Crippen molar-refractivity contribution >= 4 is 27.3 Å². The number of sulfone groups is 1. The van der Waals surface area contributed by atoms with Crippen molar-refractivity contribution in [1.82, 2.24) is 4.90 Å². The molecule has 1 atom stereocenters. The average Bonchev–Trinajstić information content (AvgIpc) is 3.30. The van der Waals surface area contributed by atoms with Gasteiger partial charge in [-0.05, 0) is 60.8 Å². The highest BCUT2D eigenvalue weighted by Crippen LogP contribution is 2.24. The lowest BCUT2D eigenvalue weighted by Crippen LogP contribution is -2.39. The summed E-state index contributed by atoms with van der Waals surface area (Å²) in [6.45, 7) is 1.30. The topological polar surface area (TPSA) is 110 Å². The first kappa shape index (κ1) is 23.7. The maximum Gasteiger partial charge on any atom is 0.255 e. The van der Waals surface area contributed by atoms with E-state index in [1.54, 1.807) is 54.6 Å². The standard InChI is InChI=1S/C26H27N3O4S/c27-25(30)24-11-6-16-29(24)17-21-7-4-5-10-23(21)28-26(31)20-14-12-19(13-15-20)18-34(32,33)22-8-2-1-3-9-22/h1-5,7-10,12-15,24H,6,11,16-18H2,(H2,27,30)(H,28,31). The molecule has 1 aliphatic rings. The second-order valence-corrected chi connectivity index (χ2v) is 10.4. The smallest absolute Gasteiger partial charge is 0.255 e. The van der Waals surface area contributed by atoms with Gasteiger partial charge in [0.2, 0.25) is 5.91 Å². The number of nitrogens with two attached hydrogens (primary N) is 1. The van der Waals surface area contributed by atoms with Crippen LogP contribution in [0.25, 0.3) is 0 Å². The molecule has 0 saturated carbocycles. The van der Waals surface area contributed by atoms with Gasteiger partial charge < -0.3 is 11.1 Å². The van der Waals surface area contributed by atoms with Crippen LogP contribution in [0.4, 0.5) is 5.69 Å². The van der Waals surface area contributed by atoms with E-state index < -0.39 is 9.84 Å². The third-order valence-corrected chi connectivity index (χ3v) is 7.71. The van der Waals surface area contributed by atoms with Crippen molar-refractivity contribution in [2.24, 2.45) is 5.73 Å². The molecule has 1 fully saturated rings. The van der Waals surface area contributed by atoms with E-state index in [0.29, 0.717) is 23.4 Å². The Morgan fingerprint density at radius 2 is 1.62 bits per heavy atom. The first-order valence-electron chi connectivity index (χ1n) is 11.1. The van der Waals surface area contributed by atoms with Crippen LogP contribution < -0.4 is 11.1 Å². The zero-order valence-corrected chi connectivity index (χ0v) is 19.5. The van der Waals surface area contributed by atoms with Gasteiger partial charge in [0, 0.05) is 17.8 Å². The number of amides is 2. The summed E-state index contributed by atoms with van der Waals surface area (Å²) >= 11 is 0. The number of likely N-dealkylation sites (tertiary alicyclic amines) is 1. The number of nitrogens with zero attached hydrogens (tertiary/aromatic N) is 1. The monoisotopic (exact) mass is 477 g/mol. The predicted molar refractivity (Wildman–Crippen MR) is 131 cm³/mol. The molecule has 2 amide bonds. The summed E-state index contributed by atoms with van der Waals surface area (Å²) in [6.07, 6.45) is 1.66. The molecule has 8 heteroatoms. The number of carbonyl (C=O) groups excluding carboxylic acids is 2. The van der Waals surface area contributed by atoms with Crippen molar-refractivity contribution < 1.29 is 18.0 Å². The maximum absolute atomic E-state index is 12.9. The average molecular weight is 478 g/mol. The minimum Gasteiger partial charge on any atom is -0.368 e. The highest BCUT2D eigenvalue weighted by Gasteiger charge is 2.29. The van der Waals surface area contributed by atoms with E-state index in [1.165, 1.54) is 0 Å². The van der Waals surface area contributed by atoms with Crippen molar-refractivity contribution in [3.8, 4) is 0 Å². The van der Waals surface area contributed by atoms with E-state index in [4.69, 9.17) is 5.73 Å². The van der Waals surface area contributed by atoms with E-state index >= 15 is 0 Å². The van der Waals surface area contributed by atoms with Gasteiger partial charge in [-0.2, -0.15) is 0 Å². The van der Waals surface area contributed by atoms with Crippen molar-refractivity contribution in [3.63, 3.8) is 0 Å². The maximum atomic E-state index is 12.9. The number of anilines is 1. The third-order valence-electron chi connectivity index (χ3n) is 6.01. The Morgan fingerprint density at radius 3 is 2.32 bits per heavy atom. The normalized spacial score (nSPS) is 16.3. The molecule has 34 heavy (non-hydrogen) atoms. The molecule has 1 heterocycles. The van der Waals surface area contributed by atoms with E-state index in [9.17, 15) is 18.0 Å². The van der Waals surface area contributed by atoms with E-state index in [0.717, 1.165) is 24.9 Å². The van der Waals surface area contributed by atoms with Gasteiger partial charge in [-0.3, -0.25) is 14.5 Å². The zero-order chi connectivity index (χ0) is 24.1. The van der Waals surface area contributed by atoms with E-state index in [2.05, 4.69) is 5.32 Å². The van der Waals surface area contributed by atoms with E-state index in [1.807, 2.05) is 29.2 Å². The molecular weight excluding hydrogens is 450 g/mol. The molecule has 0 spiro atoms. The van der Waals surface area contributed by atoms with Gasteiger partial charge in [-0.15, -0.1) is 0 Å². The van der Waals surface area contributed by atoms with Gasteiger partial charge in [0.05, 0.1) is 16.7 Å². The fourth-order valence-corrected chi connectivity index (χ4v) is 5.58. The van der Waals surface area contributed by atoms with Crippen molar-refractivity contribution in [1.29, 1.82) is 0 Å². The van der Waals surface area contributed by atoms with Crippen LogP contribution in [-0.4, -0.2) is 37.7 Å². The largest absolute Gasteiger partial charge is 0.368 e. The molecule has 3 aromatic carbocycles. The number of primary amides is 1. The molecule has 1 unspecified atom stereocenters. The first-order valence-corrected chi connectivity index (χ1v) is 12.8. The Balaban J connectivity index is 1.44. The minimum atomic E-state index is -3.46. The summed E-state index contributed by atoms with van der Waals surface area (Å²) in [5.41, 5.74) is 8.12. The molecule has 3 aromatic rings. The van der Waals surface area contributed by atoms with Crippen molar-refractivity contribution in [2.75, 3.05) is 11.9 Å². The Labute approximate surface area is 199 Å². The molecule has 176 valence electrons. The minimum absolute atomic E-state index is 0.140. The predicted octanol–water partition coefficient (Wildman–Crippen LogP) is 3.36. The molecule has 0 bridgehead atoms. The Hall–Kier alpha value is -3.49. The van der Waals surface area contributed by atoms with Crippen LogP contribution in [0.1, 0.15) is 34.3 Å². The van der Waals surface area contributed by atoms with Crippen LogP contribution in [0.3, 0.4) is 0 Å². The fraction of sp³-hybridized carbons (Fsp3) is 0.231. The molecule has 1 saturated heterocycles. The number of carbonyl (C=O) groups is 2. The van der Waals surface area contributed by atoms with Gasteiger partial charge in [-0.25, -0.2) is 8.42 Å². The summed E-state index contributed by atoms with van der Waals surface area (Å²) in [7, 11) is -3.46. The third kappa shape index (κ3) is 5.52. The SMILES string of the molecule is NC(=O)C1CCCN1Cc1ccccc1NC(=O)c1ccc(CS(=O)(=O)c2ccccc2)cc1. The molecule has 0 aliphatic carbocycles. The molecular formula is C26H27N3O4S. The Morgan fingerprint density at radius 1 is 0.941 bits per heavy atom. The van der Waals surface area contributed by atoms with Gasteiger partial charge in [0.15, 0.2) is 9.84 Å². The summed E-state index contributed by atoms with van der Waals surface area (Å²) in [4.78, 5) is 26.9. The summed E-state index contributed by atoms with van der Waals surface area (Å²) in [5.74, 6) is -0.760. The summed E-state index contributed by atoms with van der Waals surface area (Å²) < 4.78 is 25.2. The highest BCUT2D eigenvalue weighted by atomic mass is 32.2. The van der Waals surface area contributed by atoms with Gasteiger partial charge in [-0.1, -0.05) is 48.5 Å². The fourth-order valence-electron chi connectivity index (χ4n) is 4.21. The van der Waals surface area contributed by atoms with Crippen molar-refractivity contribution in [2.45, 2.75) is 36.1 Å². The van der Waals surface area contributed by atoms with Gasteiger partial charge >= 0.3 is 0 Å². The number of rotatable bonds is 8. The molecule has 0 radical (unpaired) electrons. The van der Waals surface area contributed by atoms with Crippen LogP contribution >= 0.6 is 0 Å². The molecule has 7 nitrogen and oxygen atoms in total. The van der Waals surface area contributed by atoms with Crippen LogP contribution in [0.15, 0.2) is 83.8 Å². The second-order valence-electron chi connectivity index (χ2n) is 8.41. The van der Waals surface area contributed by atoms with Crippen molar-refractivity contribution in [3.05, 3.63) is 95.6 Å². The number of nitrogens with one attached hydrogen (secondary N) is 1. The van der Waals surface area contributed by atoms with Crippen LogP contribution in [0.5, 0.6) is 0 Å². The number of benzene rings is 3. The lowest BCUT2D eigenvalue weighted by atomic mass is 10.1. The van der Waals surface area contributed by atoms with Crippen LogP contribution in [0.2, 0.25) is 0 Å². The van der Waals surface area contributed by atoms with Gasteiger partial charge in [0.1, 0.15) is 0 Å². The lowest BCUT2D eigenvalue weighted by Gasteiger charge is -2.23. The Bertz CT molecular complexity index is 1270. The van der Waals surface area contributed by atoms with Crippen LogP contribution in [0, 0.1) is 0 Å². The summed E-state index contributed by atoms with van der Waals surface area (Å²) in [5, 5.41) is 2.94. The molecule has 1 aliphatic heterocycles. The lowest BCUT2D eigenvalue weighted by molar-refractivity contribution is -0.122. The number of para-hydroxylation sites is 1. The van der Waals surface area contributed by atoms with Gasteiger partial charge in [0.25, 0.3) is 5.91 Å².